The van der Waals surface area contributed by atoms with E-state index in [1.807, 2.05) is 0 Å². The lowest BCUT2D eigenvalue weighted by atomic mass is 10.1. The minimum Gasteiger partial charge on any atom is -0.298 e. The number of hydrazone groups is 1. The van der Waals surface area contributed by atoms with Gasteiger partial charge in [0.05, 0.1) is 10.6 Å². The SMILES string of the molecule is CN1N=C(C(=O)NNc2ccc(S(=O)(=O)NC3CC3)cc2)CCC1=O. The molecule has 1 aliphatic carbocycles. The van der Waals surface area contributed by atoms with Crippen molar-refractivity contribution in [2.75, 3.05) is 12.5 Å². The van der Waals surface area contributed by atoms with Gasteiger partial charge in [0.2, 0.25) is 15.9 Å². The molecule has 3 N–H and O–H groups in total. The summed E-state index contributed by atoms with van der Waals surface area (Å²) in [6.07, 6.45) is 2.26. The highest BCUT2D eigenvalue weighted by Gasteiger charge is 2.28. The molecule has 0 radical (unpaired) electrons. The molecule has 0 unspecified atom stereocenters. The van der Waals surface area contributed by atoms with E-state index < -0.39 is 15.9 Å². The van der Waals surface area contributed by atoms with Crippen molar-refractivity contribution in [2.24, 2.45) is 5.10 Å². The molecule has 1 aromatic carbocycles. The molecule has 0 spiro atoms. The van der Waals surface area contributed by atoms with Gasteiger partial charge in [-0.1, -0.05) is 0 Å². The molecule has 134 valence electrons. The number of carbonyl (C=O) groups excluding carboxylic acids is 2. The van der Waals surface area contributed by atoms with Crippen LogP contribution in [-0.4, -0.2) is 44.0 Å². The van der Waals surface area contributed by atoms with Crippen LogP contribution in [0.25, 0.3) is 0 Å². The van der Waals surface area contributed by atoms with E-state index >= 15 is 0 Å². The first-order valence-electron chi connectivity index (χ1n) is 7.88. The highest BCUT2D eigenvalue weighted by molar-refractivity contribution is 7.89. The van der Waals surface area contributed by atoms with Crippen molar-refractivity contribution >= 4 is 33.2 Å². The Hall–Kier alpha value is -2.46. The first kappa shape index (κ1) is 17.4. The summed E-state index contributed by atoms with van der Waals surface area (Å²) < 4.78 is 26.8. The van der Waals surface area contributed by atoms with Gasteiger partial charge < -0.3 is 0 Å². The average Bonchev–Trinajstić information content (AvgIpc) is 3.39. The number of hydrazine groups is 1. The van der Waals surface area contributed by atoms with E-state index in [1.165, 1.54) is 19.2 Å². The number of nitrogens with one attached hydrogen (secondary N) is 3. The average molecular weight is 365 g/mol. The largest absolute Gasteiger partial charge is 0.298 e. The van der Waals surface area contributed by atoms with Gasteiger partial charge in [0, 0.05) is 25.9 Å². The topological polar surface area (TPSA) is 120 Å². The standard InChI is InChI=1S/C15H19N5O4S/c1-20-14(21)9-8-13(18-20)15(22)17-16-10-4-6-12(7-5-10)25(23,24)19-11-2-3-11/h4-7,11,16,19H,2-3,8-9H2,1H3,(H,17,22). The van der Waals surface area contributed by atoms with E-state index in [1.54, 1.807) is 12.1 Å². The van der Waals surface area contributed by atoms with E-state index in [4.69, 9.17) is 0 Å². The van der Waals surface area contributed by atoms with Gasteiger partial charge >= 0.3 is 0 Å². The van der Waals surface area contributed by atoms with Gasteiger partial charge in [0.1, 0.15) is 5.71 Å². The van der Waals surface area contributed by atoms with Crippen molar-refractivity contribution < 1.29 is 18.0 Å². The number of carbonyl (C=O) groups is 2. The smallest absolute Gasteiger partial charge is 0.285 e. The third-order valence-corrected chi connectivity index (χ3v) is 5.39. The Morgan fingerprint density at radius 1 is 1.20 bits per heavy atom. The molecule has 1 fully saturated rings. The first-order chi connectivity index (χ1) is 11.8. The number of amides is 2. The van der Waals surface area contributed by atoms with Crippen molar-refractivity contribution in [1.29, 1.82) is 0 Å². The van der Waals surface area contributed by atoms with E-state index in [-0.39, 0.29) is 35.4 Å². The molecule has 25 heavy (non-hydrogen) atoms. The lowest BCUT2D eigenvalue weighted by Crippen LogP contribution is -2.40. The van der Waals surface area contributed by atoms with Crippen molar-refractivity contribution in [2.45, 2.75) is 36.6 Å². The van der Waals surface area contributed by atoms with E-state index in [0.717, 1.165) is 17.9 Å². The van der Waals surface area contributed by atoms with E-state index in [0.29, 0.717) is 5.69 Å². The monoisotopic (exact) mass is 365 g/mol. The third-order valence-electron chi connectivity index (χ3n) is 3.85. The Kier molecular flexibility index (Phi) is 4.73. The summed E-state index contributed by atoms with van der Waals surface area (Å²) >= 11 is 0. The summed E-state index contributed by atoms with van der Waals surface area (Å²) in [5, 5.41) is 5.06. The summed E-state index contributed by atoms with van der Waals surface area (Å²) in [6, 6.07) is 6.08. The van der Waals surface area contributed by atoms with Crippen LogP contribution in [0.15, 0.2) is 34.3 Å². The van der Waals surface area contributed by atoms with Crippen LogP contribution < -0.4 is 15.6 Å². The number of hydrogen-bond acceptors (Lipinski definition) is 6. The van der Waals surface area contributed by atoms with Gasteiger partial charge in [-0.2, -0.15) is 5.10 Å². The van der Waals surface area contributed by atoms with Crippen LogP contribution in [0.4, 0.5) is 5.69 Å². The van der Waals surface area contributed by atoms with Crippen molar-refractivity contribution in [3.63, 3.8) is 0 Å². The highest BCUT2D eigenvalue weighted by Crippen LogP contribution is 2.22. The molecule has 0 atom stereocenters. The van der Waals surface area contributed by atoms with Crippen LogP contribution in [0.3, 0.4) is 0 Å². The maximum Gasteiger partial charge on any atom is 0.285 e. The van der Waals surface area contributed by atoms with Gasteiger partial charge in [-0.15, -0.1) is 0 Å². The van der Waals surface area contributed by atoms with Crippen LogP contribution >= 0.6 is 0 Å². The normalized spacial score (nSPS) is 17.9. The number of benzene rings is 1. The molecule has 1 aromatic rings. The molecular weight excluding hydrogens is 346 g/mol. The van der Waals surface area contributed by atoms with Gasteiger partial charge in [-0.05, 0) is 37.1 Å². The van der Waals surface area contributed by atoms with Gasteiger partial charge in [-0.3, -0.25) is 20.4 Å². The van der Waals surface area contributed by atoms with Crippen LogP contribution in [0, 0.1) is 0 Å². The molecule has 0 saturated heterocycles. The minimum absolute atomic E-state index is 0.0448. The van der Waals surface area contributed by atoms with Gasteiger partial charge in [-0.25, -0.2) is 18.1 Å². The van der Waals surface area contributed by atoms with Crippen LogP contribution in [0.5, 0.6) is 0 Å². The lowest BCUT2D eigenvalue weighted by Gasteiger charge is -2.19. The van der Waals surface area contributed by atoms with E-state index in [9.17, 15) is 18.0 Å². The fraction of sp³-hybridized carbons (Fsp3) is 0.400. The van der Waals surface area contributed by atoms with Crippen LogP contribution in [-0.2, 0) is 19.6 Å². The fourth-order valence-electron chi connectivity index (χ4n) is 2.24. The lowest BCUT2D eigenvalue weighted by molar-refractivity contribution is -0.130. The number of rotatable bonds is 6. The number of sulfonamides is 1. The molecule has 0 aromatic heterocycles. The maximum absolute atomic E-state index is 12.1. The Morgan fingerprint density at radius 2 is 1.88 bits per heavy atom. The van der Waals surface area contributed by atoms with Crippen LogP contribution in [0.1, 0.15) is 25.7 Å². The number of nitrogens with zero attached hydrogens (tertiary/aromatic N) is 2. The number of anilines is 1. The molecule has 1 aliphatic heterocycles. The number of hydrogen-bond donors (Lipinski definition) is 3. The second-order valence-electron chi connectivity index (χ2n) is 5.96. The Balaban J connectivity index is 1.57. The molecule has 10 heteroatoms. The second-order valence-corrected chi connectivity index (χ2v) is 7.68. The highest BCUT2D eigenvalue weighted by atomic mass is 32.2. The molecular formula is C15H19N5O4S. The quantitative estimate of drug-likeness (QED) is 0.621. The second kappa shape index (κ2) is 6.81. The zero-order valence-electron chi connectivity index (χ0n) is 13.7. The summed E-state index contributed by atoms with van der Waals surface area (Å²) in [7, 11) is -2.00. The predicted molar refractivity (Wildman–Crippen MR) is 91.0 cm³/mol. The maximum atomic E-state index is 12.1. The summed E-state index contributed by atoms with van der Waals surface area (Å²) in [5.41, 5.74) is 5.96. The summed E-state index contributed by atoms with van der Waals surface area (Å²) in [4.78, 5) is 23.5. The first-order valence-corrected chi connectivity index (χ1v) is 9.36. The van der Waals surface area contributed by atoms with Crippen molar-refractivity contribution in [3.05, 3.63) is 24.3 Å². The minimum atomic E-state index is -3.50. The predicted octanol–water partition coefficient (Wildman–Crippen LogP) is 0.179. The molecule has 3 rings (SSSR count). The molecule has 2 aliphatic rings. The zero-order valence-corrected chi connectivity index (χ0v) is 14.5. The molecule has 1 heterocycles. The summed E-state index contributed by atoms with van der Waals surface area (Å²) in [5.74, 6) is -0.576. The van der Waals surface area contributed by atoms with Gasteiger partial charge in [0.15, 0.2) is 0 Å². The van der Waals surface area contributed by atoms with Gasteiger partial charge in [0.25, 0.3) is 5.91 Å². The Bertz CT molecular complexity index is 815. The third kappa shape index (κ3) is 4.34. The zero-order chi connectivity index (χ0) is 18.0. The molecule has 1 saturated carbocycles. The Labute approximate surface area is 145 Å². The summed E-state index contributed by atoms with van der Waals surface area (Å²) in [6.45, 7) is 0. The molecule has 2 amide bonds. The molecule has 0 bridgehead atoms. The van der Waals surface area contributed by atoms with Crippen LogP contribution in [0.2, 0.25) is 0 Å². The fourth-order valence-corrected chi connectivity index (χ4v) is 3.55. The Morgan fingerprint density at radius 3 is 2.48 bits per heavy atom. The van der Waals surface area contributed by atoms with Crippen molar-refractivity contribution in [1.82, 2.24) is 15.2 Å². The van der Waals surface area contributed by atoms with Crippen molar-refractivity contribution in [3.8, 4) is 0 Å². The molecule has 9 nitrogen and oxygen atoms in total. The van der Waals surface area contributed by atoms with E-state index in [2.05, 4.69) is 20.7 Å².